The van der Waals surface area contributed by atoms with E-state index in [1.54, 1.807) is 48.3 Å². The molecule has 12 heteroatoms. The Morgan fingerprint density at radius 1 is 0.976 bits per heavy atom. The Kier molecular flexibility index (Phi) is 7.86. The van der Waals surface area contributed by atoms with Crippen LogP contribution in [-0.4, -0.2) is 40.9 Å². The van der Waals surface area contributed by atoms with Gasteiger partial charge in [-0.15, -0.1) is 0 Å². The van der Waals surface area contributed by atoms with Gasteiger partial charge < -0.3 is 5.32 Å². The van der Waals surface area contributed by atoms with Crippen LogP contribution in [-0.2, 0) is 10.0 Å². The van der Waals surface area contributed by atoms with Gasteiger partial charge in [-0.05, 0) is 67.9 Å². The van der Waals surface area contributed by atoms with Crippen molar-refractivity contribution in [2.45, 2.75) is 18.7 Å². The van der Waals surface area contributed by atoms with Gasteiger partial charge in [-0.25, -0.2) is 22.2 Å². The fourth-order valence-corrected chi connectivity index (χ4v) is 4.79. The van der Waals surface area contributed by atoms with Crippen molar-refractivity contribution in [3.8, 4) is 16.9 Å². The molecular weight excluding hydrogens is 543 g/mol. The fourth-order valence-electron chi connectivity index (χ4n) is 4.06. The zero-order chi connectivity index (χ0) is 29.0. The van der Waals surface area contributed by atoms with Gasteiger partial charge in [0.15, 0.2) is 11.6 Å². The second-order valence-corrected chi connectivity index (χ2v) is 10.9. The van der Waals surface area contributed by atoms with E-state index in [2.05, 4.69) is 25.7 Å². The maximum absolute atomic E-state index is 14.0. The quantitative estimate of drug-likeness (QED) is 0.163. The van der Waals surface area contributed by atoms with Gasteiger partial charge in [0, 0.05) is 18.1 Å². The summed E-state index contributed by atoms with van der Waals surface area (Å²) in [7, 11) is -2.19. The molecule has 0 fully saturated rings. The number of benzene rings is 3. The predicted octanol–water partition coefficient (Wildman–Crippen LogP) is 5.26. The highest BCUT2D eigenvalue weighted by Crippen LogP contribution is 2.34. The van der Waals surface area contributed by atoms with Gasteiger partial charge in [0.2, 0.25) is 16.0 Å². The number of anilines is 3. The molecular formula is C29H27FN8O2S. The van der Waals surface area contributed by atoms with Crippen molar-refractivity contribution in [3.63, 3.8) is 0 Å². The van der Waals surface area contributed by atoms with E-state index in [1.165, 1.54) is 31.3 Å². The third-order valence-electron chi connectivity index (χ3n) is 6.30. The van der Waals surface area contributed by atoms with Crippen LogP contribution in [0.2, 0.25) is 0 Å². The normalized spacial score (nSPS) is 11.9. The van der Waals surface area contributed by atoms with E-state index in [0.717, 1.165) is 11.1 Å². The highest BCUT2D eigenvalue weighted by molar-refractivity contribution is 7.89. The van der Waals surface area contributed by atoms with Crippen LogP contribution in [0.3, 0.4) is 0 Å². The lowest BCUT2D eigenvalue weighted by Gasteiger charge is -2.17. The van der Waals surface area contributed by atoms with Crippen molar-refractivity contribution >= 4 is 33.2 Å². The van der Waals surface area contributed by atoms with E-state index in [-0.39, 0.29) is 10.8 Å². The van der Waals surface area contributed by atoms with Crippen LogP contribution in [0.5, 0.6) is 0 Å². The molecule has 5 rings (SSSR count). The zero-order valence-corrected chi connectivity index (χ0v) is 23.3. The molecule has 10 nitrogen and oxygen atoms in total. The van der Waals surface area contributed by atoms with Crippen LogP contribution in [0.25, 0.3) is 16.9 Å². The summed E-state index contributed by atoms with van der Waals surface area (Å²) in [5.41, 5.74) is 7.17. The maximum atomic E-state index is 14.0. The lowest BCUT2D eigenvalue weighted by atomic mass is 10.1. The molecule has 0 saturated carbocycles. The molecule has 0 bridgehead atoms. The van der Waals surface area contributed by atoms with E-state index in [0.29, 0.717) is 34.2 Å². The third-order valence-corrected chi connectivity index (χ3v) is 7.73. The molecule has 0 aliphatic rings. The third kappa shape index (κ3) is 6.13. The Balaban J connectivity index is 1.60. The minimum atomic E-state index is -3.56. The fraction of sp³-hybridized carbons (Fsp3) is 0.103. The highest BCUT2D eigenvalue weighted by Gasteiger charge is 2.19. The summed E-state index contributed by atoms with van der Waals surface area (Å²) >= 11 is 0. The van der Waals surface area contributed by atoms with Gasteiger partial charge in [-0.3, -0.25) is 5.43 Å². The Morgan fingerprint density at radius 3 is 2.41 bits per heavy atom. The molecule has 3 aromatic carbocycles. The summed E-state index contributed by atoms with van der Waals surface area (Å²) in [6.45, 7) is 3.65. The van der Waals surface area contributed by atoms with Crippen molar-refractivity contribution in [1.29, 1.82) is 0 Å². The van der Waals surface area contributed by atoms with Gasteiger partial charge in [-0.2, -0.15) is 20.2 Å². The van der Waals surface area contributed by atoms with Crippen molar-refractivity contribution in [3.05, 3.63) is 108 Å². The summed E-state index contributed by atoms with van der Waals surface area (Å²) in [4.78, 5) is 9.62. The Hall–Kier alpha value is -4.94. The number of nitrogens with zero attached hydrogens (tertiary/aromatic N) is 5. The predicted molar refractivity (Wildman–Crippen MR) is 158 cm³/mol. The van der Waals surface area contributed by atoms with Gasteiger partial charge >= 0.3 is 0 Å². The number of halogens is 1. The van der Waals surface area contributed by atoms with Crippen LogP contribution >= 0.6 is 0 Å². The lowest BCUT2D eigenvalue weighted by Crippen LogP contribution is -2.18. The van der Waals surface area contributed by atoms with E-state index >= 15 is 0 Å². The van der Waals surface area contributed by atoms with Crippen LogP contribution in [0.1, 0.15) is 18.1 Å². The summed E-state index contributed by atoms with van der Waals surface area (Å²) in [6, 6.07) is 22.2. The van der Waals surface area contributed by atoms with Crippen molar-refractivity contribution in [1.82, 2.24) is 24.5 Å². The Morgan fingerprint density at radius 2 is 1.73 bits per heavy atom. The van der Waals surface area contributed by atoms with Crippen LogP contribution < -0.4 is 15.5 Å². The molecule has 2 heterocycles. The van der Waals surface area contributed by atoms with Crippen LogP contribution in [0.4, 0.5) is 21.8 Å². The minimum absolute atomic E-state index is 0.152. The van der Waals surface area contributed by atoms with E-state index in [9.17, 15) is 12.8 Å². The van der Waals surface area contributed by atoms with Crippen LogP contribution in [0.15, 0.2) is 101 Å². The zero-order valence-electron chi connectivity index (χ0n) is 22.5. The van der Waals surface area contributed by atoms with Crippen LogP contribution in [0, 0.1) is 12.7 Å². The van der Waals surface area contributed by atoms with Crippen molar-refractivity contribution in [2.24, 2.45) is 5.10 Å². The molecule has 3 N–H and O–H groups in total. The molecule has 0 radical (unpaired) electrons. The maximum Gasteiger partial charge on any atom is 0.240 e. The molecule has 0 unspecified atom stereocenters. The van der Waals surface area contributed by atoms with E-state index < -0.39 is 15.8 Å². The number of aryl methyl sites for hydroxylation is 1. The first-order valence-electron chi connectivity index (χ1n) is 12.6. The molecule has 5 aromatic rings. The molecule has 0 amide bonds. The molecule has 2 aromatic heterocycles. The number of hydrogen-bond acceptors (Lipinski definition) is 8. The first kappa shape index (κ1) is 27.6. The topological polar surface area (TPSA) is 126 Å². The number of hydrogen-bond donors (Lipinski definition) is 3. The summed E-state index contributed by atoms with van der Waals surface area (Å²) in [6.07, 6.45) is 3.42. The molecule has 0 spiro atoms. The molecule has 41 heavy (non-hydrogen) atoms. The summed E-state index contributed by atoms with van der Waals surface area (Å²) in [5.74, 6) is 0.672. The number of rotatable bonds is 9. The SMILES string of the molecule is CNS(=O)(=O)c1ccc(C(C)=NNc2nc(Nc3cc(F)ccc3C)nc(-n3cccn3)c2-c2ccccc2)cc1. The number of nitrogens with one attached hydrogen (secondary N) is 3. The Labute approximate surface area is 237 Å². The summed E-state index contributed by atoms with van der Waals surface area (Å²) in [5, 5.41) is 12.1. The minimum Gasteiger partial charge on any atom is -0.324 e. The second-order valence-electron chi connectivity index (χ2n) is 9.04. The average molecular weight is 571 g/mol. The van der Waals surface area contributed by atoms with Gasteiger partial charge in [0.05, 0.1) is 16.2 Å². The van der Waals surface area contributed by atoms with Crippen molar-refractivity contribution < 1.29 is 12.8 Å². The monoisotopic (exact) mass is 570 g/mol. The van der Waals surface area contributed by atoms with Gasteiger partial charge in [0.1, 0.15) is 5.82 Å². The van der Waals surface area contributed by atoms with Gasteiger partial charge in [-0.1, -0.05) is 48.5 Å². The summed E-state index contributed by atoms with van der Waals surface area (Å²) < 4.78 is 42.2. The first-order valence-corrected chi connectivity index (χ1v) is 14.1. The number of hydrazone groups is 1. The largest absolute Gasteiger partial charge is 0.324 e. The Bertz CT molecular complexity index is 1810. The van der Waals surface area contributed by atoms with E-state index in [1.807, 2.05) is 37.3 Å². The molecule has 0 aliphatic carbocycles. The highest BCUT2D eigenvalue weighted by atomic mass is 32.2. The average Bonchev–Trinajstić information content (AvgIpc) is 3.53. The van der Waals surface area contributed by atoms with Crippen molar-refractivity contribution in [2.75, 3.05) is 17.8 Å². The van der Waals surface area contributed by atoms with Gasteiger partial charge in [0.25, 0.3) is 0 Å². The molecule has 0 aliphatic heterocycles. The molecule has 0 saturated heterocycles. The lowest BCUT2D eigenvalue weighted by molar-refractivity contribution is 0.588. The standard InChI is InChI=1S/C29H27FN8O2S/c1-19-10-13-23(30)18-25(19)33-29-34-27(37-36-20(2)21-11-14-24(15-12-21)41(39,40)31-3)26(22-8-5-4-6-9-22)28(35-29)38-17-7-16-32-38/h4-18,31H,1-3H3,(H2,33,34,35,37). The molecule has 208 valence electrons. The molecule has 0 atom stereocenters. The number of sulfonamides is 1. The smallest absolute Gasteiger partial charge is 0.240 e. The second kappa shape index (κ2) is 11.7. The first-order chi connectivity index (χ1) is 19.7. The van der Waals surface area contributed by atoms with E-state index in [4.69, 9.17) is 9.97 Å². The number of aromatic nitrogens is 4.